The molecule has 2 aromatic rings. The van der Waals surface area contributed by atoms with Crippen molar-refractivity contribution in [1.29, 1.82) is 0 Å². The molecule has 0 atom stereocenters. The number of halogens is 2. The number of nitrogens with one attached hydrogen (secondary N) is 1. The van der Waals surface area contributed by atoms with E-state index in [9.17, 15) is 18.4 Å². The first kappa shape index (κ1) is 17.3. The van der Waals surface area contributed by atoms with Crippen LogP contribution in [0.5, 0.6) is 0 Å². The summed E-state index contributed by atoms with van der Waals surface area (Å²) in [5.74, 6) is -1.22. The molecule has 0 radical (unpaired) electrons. The highest BCUT2D eigenvalue weighted by Gasteiger charge is 2.42. The van der Waals surface area contributed by atoms with Gasteiger partial charge in [0.05, 0.1) is 0 Å². The molecule has 27 heavy (non-hydrogen) atoms. The van der Waals surface area contributed by atoms with Crippen LogP contribution in [-0.4, -0.2) is 41.2 Å². The molecule has 0 aliphatic carbocycles. The van der Waals surface area contributed by atoms with Gasteiger partial charge in [-0.25, -0.2) is 8.78 Å². The van der Waals surface area contributed by atoms with Gasteiger partial charge in [-0.05, 0) is 48.5 Å². The average Bonchev–Trinajstić information content (AvgIpc) is 2.99. The van der Waals surface area contributed by atoms with E-state index >= 15 is 0 Å². The van der Waals surface area contributed by atoms with Crippen LogP contribution in [0.3, 0.4) is 0 Å². The van der Waals surface area contributed by atoms with Crippen LogP contribution in [0.25, 0.3) is 0 Å². The Kier molecular flexibility index (Phi) is 4.22. The minimum atomic E-state index is -0.736. The van der Waals surface area contributed by atoms with Gasteiger partial charge in [0.2, 0.25) is 0 Å². The minimum Gasteiger partial charge on any atom is -0.338 e. The summed E-state index contributed by atoms with van der Waals surface area (Å²) in [4.78, 5) is 31.2. The molecule has 1 saturated heterocycles. The summed E-state index contributed by atoms with van der Waals surface area (Å²) in [6, 6.07) is 11.1. The summed E-state index contributed by atoms with van der Waals surface area (Å²) in [7, 11) is 0. The maximum absolute atomic E-state index is 13.1. The maximum Gasteiger partial charge on any atom is 0.272 e. The lowest BCUT2D eigenvalue weighted by Gasteiger charge is -2.37. The van der Waals surface area contributed by atoms with Crippen molar-refractivity contribution in [1.82, 2.24) is 10.2 Å². The van der Waals surface area contributed by atoms with Crippen LogP contribution in [0.15, 0.2) is 53.5 Å². The minimum absolute atomic E-state index is 0.170. The number of aliphatic imine (C=N–C) groups is 1. The third kappa shape index (κ3) is 3.32. The van der Waals surface area contributed by atoms with Crippen molar-refractivity contribution < 1.29 is 18.4 Å². The van der Waals surface area contributed by atoms with Crippen molar-refractivity contribution >= 4 is 17.5 Å². The second-order valence-corrected chi connectivity index (χ2v) is 6.75. The Morgan fingerprint density at radius 2 is 1.52 bits per heavy atom. The van der Waals surface area contributed by atoms with Gasteiger partial charge in [-0.2, -0.15) is 0 Å². The third-order valence-electron chi connectivity index (χ3n) is 4.97. The molecule has 2 aliphatic heterocycles. The summed E-state index contributed by atoms with van der Waals surface area (Å²) in [5.41, 5.74) is 0.544. The summed E-state index contributed by atoms with van der Waals surface area (Å²) in [6.07, 6.45) is 0.965. The van der Waals surface area contributed by atoms with Gasteiger partial charge >= 0.3 is 0 Å². The Balaban J connectivity index is 1.48. The molecule has 7 heteroatoms. The van der Waals surface area contributed by atoms with Gasteiger partial charge in [-0.15, -0.1) is 0 Å². The summed E-state index contributed by atoms with van der Waals surface area (Å²) < 4.78 is 26.1. The molecule has 2 amide bonds. The van der Waals surface area contributed by atoms with Crippen LogP contribution < -0.4 is 5.32 Å². The van der Waals surface area contributed by atoms with Crippen molar-refractivity contribution in [2.75, 3.05) is 13.1 Å². The standard InChI is InChI=1S/C20H17F2N3O2/c21-15-5-1-13(2-6-15)17-18(26)24-20(23-17)9-11-25(12-10-20)19(27)14-3-7-16(22)8-4-14/h1-8H,9-12H2,(H,24,26). The molecule has 0 saturated carbocycles. The molecule has 1 N–H and O–H groups in total. The van der Waals surface area contributed by atoms with Gasteiger partial charge in [-0.1, -0.05) is 0 Å². The van der Waals surface area contributed by atoms with Crippen molar-refractivity contribution in [3.8, 4) is 0 Å². The number of nitrogens with zero attached hydrogens (tertiary/aromatic N) is 2. The topological polar surface area (TPSA) is 61.8 Å². The number of hydrogen-bond acceptors (Lipinski definition) is 3. The summed E-state index contributed by atoms with van der Waals surface area (Å²) >= 11 is 0. The zero-order valence-electron chi connectivity index (χ0n) is 14.4. The molecule has 138 valence electrons. The van der Waals surface area contributed by atoms with E-state index in [1.54, 1.807) is 4.90 Å². The number of carbonyl (C=O) groups excluding carboxylic acids is 2. The smallest absolute Gasteiger partial charge is 0.272 e. The lowest BCUT2D eigenvalue weighted by atomic mass is 9.97. The number of carbonyl (C=O) groups is 2. The molecule has 0 aromatic heterocycles. The molecule has 0 bridgehead atoms. The van der Waals surface area contributed by atoms with Gasteiger partial charge in [0, 0.05) is 37.1 Å². The highest BCUT2D eigenvalue weighted by molar-refractivity contribution is 6.46. The molecule has 4 rings (SSSR count). The first-order valence-corrected chi connectivity index (χ1v) is 8.69. The molecule has 1 spiro atoms. The highest BCUT2D eigenvalue weighted by Crippen LogP contribution is 2.29. The Morgan fingerprint density at radius 3 is 2.11 bits per heavy atom. The second kappa shape index (κ2) is 6.57. The van der Waals surface area contributed by atoms with Crippen LogP contribution in [0.2, 0.25) is 0 Å². The maximum atomic E-state index is 13.1. The summed E-state index contributed by atoms with van der Waals surface area (Å²) in [6.45, 7) is 0.855. The zero-order chi connectivity index (χ0) is 19.0. The van der Waals surface area contributed by atoms with Gasteiger partial charge in [0.1, 0.15) is 23.0 Å². The van der Waals surface area contributed by atoms with Crippen LogP contribution in [0.1, 0.15) is 28.8 Å². The summed E-state index contributed by atoms with van der Waals surface area (Å²) in [5, 5.41) is 2.92. The van der Waals surface area contributed by atoms with E-state index in [4.69, 9.17) is 0 Å². The van der Waals surface area contributed by atoms with Gasteiger partial charge in [0.15, 0.2) is 0 Å². The fourth-order valence-corrected chi connectivity index (χ4v) is 3.46. The normalized spacial score (nSPS) is 18.4. The Labute approximate surface area is 154 Å². The zero-order valence-corrected chi connectivity index (χ0v) is 14.4. The van der Waals surface area contributed by atoms with Gasteiger partial charge in [0.25, 0.3) is 11.8 Å². The molecular formula is C20H17F2N3O2. The highest BCUT2D eigenvalue weighted by atomic mass is 19.1. The molecule has 2 aromatic carbocycles. The molecular weight excluding hydrogens is 352 g/mol. The Bertz CT molecular complexity index is 915. The monoisotopic (exact) mass is 369 g/mol. The van der Waals surface area contributed by atoms with Gasteiger partial charge < -0.3 is 10.2 Å². The number of piperidine rings is 1. The third-order valence-corrected chi connectivity index (χ3v) is 4.97. The Hall–Kier alpha value is -3.09. The van der Waals surface area contributed by atoms with Crippen molar-refractivity contribution in [3.05, 3.63) is 71.3 Å². The van der Waals surface area contributed by atoms with Crippen molar-refractivity contribution in [2.24, 2.45) is 4.99 Å². The largest absolute Gasteiger partial charge is 0.338 e. The van der Waals surface area contributed by atoms with Crippen molar-refractivity contribution in [3.63, 3.8) is 0 Å². The van der Waals surface area contributed by atoms with E-state index in [2.05, 4.69) is 10.3 Å². The van der Waals surface area contributed by atoms with Crippen LogP contribution in [0.4, 0.5) is 8.78 Å². The number of hydrogen-bond donors (Lipinski definition) is 1. The predicted molar refractivity (Wildman–Crippen MR) is 95.3 cm³/mol. The van der Waals surface area contributed by atoms with E-state index in [1.165, 1.54) is 48.5 Å². The SMILES string of the molecule is O=C1NC2(CCN(C(=O)c3ccc(F)cc3)CC2)N=C1c1ccc(F)cc1. The second-order valence-electron chi connectivity index (χ2n) is 6.75. The molecule has 0 unspecified atom stereocenters. The van der Waals surface area contributed by atoms with Crippen LogP contribution >= 0.6 is 0 Å². The first-order chi connectivity index (χ1) is 13.0. The fraction of sp³-hybridized carbons (Fsp3) is 0.250. The lowest BCUT2D eigenvalue weighted by Crippen LogP contribution is -2.52. The number of likely N-dealkylation sites (tertiary alicyclic amines) is 1. The first-order valence-electron chi connectivity index (χ1n) is 8.69. The molecule has 5 nitrogen and oxygen atoms in total. The number of rotatable bonds is 2. The average molecular weight is 369 g/mol. The fourth-order valence-electron chi connectivity index (χ4n) is 3.46. The van der Waals surface area contributed by atoms with Gasteiger partial charge in [-0.3, -0.25) is 14.6 Å². The molecule has 1 fully saturated rings. The van der Waals surface area contributed by atoms with Crippen LogP contribution in [-0.2, 0) is 4.79 Å². The van der Waals surface area contributed by atoms with E-state index in [-0.39, 0.29) is 29.2 Å². The Morgan fingerprint density at radius 1 is 0.963 bits per heavy atom. The number of benzene rings is 2. The quantitative estimate of drug-likeness (QED) is 0.884. The molecule has 2 aliphatic rings. The predicted octanol–water partition coefficient (Wildman–Crippen LogP) is 2.52. The lowest BCUT2D eigenvalue weighted by molar-refractivity contribution is -0.115. The van der Waals surface area contributed by atoms with E-state index < -0.39 is 5.66 Å². The van der Waals surface area contributed by atoms with E-state index in [1.807, 2.05) is 0 Å². The van der Waals surface area contributed by atoms with E-state index in [0.717, 1.165) is 0 Å². The molecule has 2 heterocycles. The number of amides is 2. The van der Waals surface area contributed by atoms with Crippen molar-refractivity contribution in [2.45, 2.75) is 18.5 Å². The van der Waals surface area contributed by atoms with E-state index in [0.29, 0.717) is 37.1 Å². The van der Waals surface area contributed by atoms with Crippen LogP contribution in [0, 0.1) is 11.6 Å².